The van der Waals surface area contributed by atoms with Crippen LogP contribution >= 0.6 is 0 Å². The molecule has 2 aliphatic heterocycles. The van der Waals surface area contributed by atoms with Crippen LogP contribution in [-0.4, -0.2) is 121 Å². The molecule has 11 atom stereocenters. The number of hydrogen-bond acceptors (Lipinski definition) is 15. The highest BCUT2D eigenvalue weighted by atomic mass is 16.7. The van der Waals surface area contributed by atoms with Gasteiger partial charge in [-0.25, -0.2) is 0 Å². The third-order valence-corrected chi connectivity index (χ3v) is 10.2. The molecule has 266 valence electrons. The van der Waals surface area contributed by atoms with Crippen LogP contribution in [0.4, 0.5) is 0 Å². The molecule has 2 aromatic rings. The number of benzene rings is 2. The standard InChI is InChI=1S/C34H40O15/c1-11-18(36)8-16-6-15-7-17-31(45-5)30(42)23(12(2)35)32(43)34(17,33(44)25(15)29(41)24(16)26(11)38)49-22-10-20(28(40)14(4)47-22)48-21-9-19(37)27(39)13(3)46-21/h6,8,13-14,17,19-22,27-28,31,36-41,43H,7,9-10H2,1-5H3/t13-,14-,17+,19-,20-,21+,22+,27-,28-,31+,34-/m1/s1. The lowest BCUT2D eigenvalue weighted by atomic mass is 9.62. The molecule has 2 fully saturated rings. The van der Waals surface area contributed by atoms with Crippen LogP contribution in [0.25, 0.3) is 10.8 Å². The van der Waals surface area contributed by atoms with Gasteiger partial charge >= 0.3 is 0 Å². The molecule has 2 heterocycles. The Labute approximate surface area is 280 Å². The minimum atomic E-state index is -2.55. The number of carbonyl (C=O) groups excluding carboxylic acids is 3. The maximum atomic E-state index is 14.9. The van der Waals surface area contributed by atoms with Gasteiger partial charge in [-0.1, -0.05) is 0 Å². The lowest BCUT2D eigenvalue weighted by Gasteiger charge is -2.50. The summed E-state index contributed by atoms with van der Waals surface area (Å²) in [5.74, 6) is -6.59. The lowest BCUT2D eigenvalue weighted by Crippen LogP contribution is -2.65. The summed E-state index contributed by atoms with van der Waals surface area (Å²) in [7, 11) is 1.19. The number of Topliss-reactive ketones (excluding diaryl/α,β-unsaturated/α-hetero) is 3. The Morgan fingerprint density at radius 2 is 1.59 bits per heavy atom. The molecule has 0 bridgehead atoms. The third-order valence-electron chi connectivity index (χ3n) is 10.2. The molecular weight excluding hydrogens is 648 g/mol. The van der Waals surface area contributed by atoms with Gasteiger partial charge in [-0.2, -0.15) is 0 Å². The summed E-state index contributed by atoms with van der Waals surface area (Å²) in [6, 6.07) is 2.76. The maximum Gasteiger partial charge on any atom is 0.207 e. The first-order chi connectivity index (χ1) is 23.0. The SMILES string of the molecule is CO[C@@H]1C(=O)C(C(C)=O)=C(O)[C@@]2(O[C@H]3C[C@@H](O[C@H]4C[C@@H](O)[C@H](O)[C@@H](C)O4)[C@H](O)[C@@H](C)O3)C(=O)c3c(cc4cc(O)c(C)c(O)c4c3O)C[C@@H]12. The maximum absolute atomic E-state index is 14.9. The predicted octanol–water partition coefficient (Wildman–Crippen LogP) is 1.11. The van der Waals surface area contributed by atoms with Crippen molar-refractivity contribution in [3.63, 3.8) is 0 Å². The highest BCUT2D eigenvalue weighted by Gasteiger charge is 2.65. The summed E-state index contributed by atoms with van der Waals surface area (Å²) in [5, 5.41) is 76.0. The first kappa shape index (κ1) is 35.2. The first-order valence-corrected chi connectivity index (χ1v) is 16.0. The topological polar surface area (TPSA) is 239 Å². The van der Waals surface area contributed by atoms with Crippen LogP contribution in [0.2, 0.25) is 0 Å². The van der Waals surface area contributed by atoms with Gasteiger partial charge in [0.15, 0.2) is 29.7 Å². The van der Waals surface area contributed by atoms with Gasteiger partial charge in [0.05, 0.1) is 35.4 Å². The van der Waals surface area contributed by atoms with Crippen LogP contribution in [0.5, 0.6) is 17.2 Å². The van der Waals surface area contributed by atoms with Crippen LogP contribution in [0.3, 0.4) is 0 Å². The van der Waals surface area contributed by atoms with E-state index in [4.69, 9.17) is 23.7 Å². The highest BCUT2D eigenvalue weighted by Crippen LogP contribution is 2.53. The molecule has 49 heavy (non-hydrogen) atoms. The Kier molecular flexibility index (Phi) is 9.03. The molecule has 0 amide bonds. The van der Waals surface area contributed by atoms with E-state index in [1.165, 1.54) is 33.1 Å². The molecule has 4 aliphatic rings. The number of ketones is 3. The van der Waals surface area contributed by atoms with Gasteiger partial charge in [0, 0.05) is 31.4 Å². The van der Waals surface area contributed by atoms with E-state index >= 15 is 0 Å². The minimum absolute atomic E-state index is 0.0340. The summed E-state index contributed by atoms with van der Waals surface area (Å²) < 4.78 is 29.6. The number of phenols is 3. The molecule has 7 N–H and O–H groups in total. The second kappa shape index (κ2) is 12.6. The van der Waals surface area contributed by atoms with Crippen molar-refractivity contribution in [2.75, 3.05) is 7.11 Å². The molecule has 15 heteroatoms. The minimum Gasteiger partial charge on any atom is -0.508 e. The summed E-state index contributed by atoms with van der Waals surface area (Å²) in [5.41, 5.74) is -3.43. The summed E-state index contributed by atoms with van der Waals surface area (Å²) in [4.78, 5) is 41.3. The van der Waals surface area contributed by atoms with E-state index in [1.807, 2.05) is 0 Å². The van der Waals surface area contributed by atoms with Crippen LogP contribution in [0.15, 0.2) is 23.5 Å². The van der Waals surface area contributed by atoms with Gasteiger partial charge in [-0.15, -0.1) is 0 Å². The molecule has 2 aliphatic carbocycles. The lowest BCUT2D eigenvalue weighted by molar-refractivity contribution is -0.318. The molecule has 15 nitrogen and oxygen atoms in total. The van der Waals surface area contributed by atoms with Crippen molar-refractivity contribution in [1.82, 2.24) is 0 Å². The number of phenolic OH excluding ortho intramolecular Hbond substituents is 3. The fourth-order valence-corrected chi connectivity index (χ4v) is 7.59. The van der Waals surface area contributed by atoms with Gasteiger partial charge in [0.1, 0.15) is 46.9 Å². The number of hydrogen-bond donors (Lipinski definition) is 7. The number of ether oxygens (including phenoxy) is 5. The summed E-state index contributed by atoms with van der Waals surface area (Å²) in [6.07, 6.45) is -11.0. The predicted molar refractivity (Wildman–Crippen MR) is 166 cm³/mol. The van der Waals surface area contributed by atoms with E-state index < -0.39 is 107 Å². The van der Waals surface area contributed by atoms with Crippen LogP contribution in [0, 0.1) is 12.8 Å². The van der Waals surface area contributed by atoms with Crippen molar-refractivity contribution in [2.24, 2.45) is 5.92 Å². The average Bonchev–Trinajstić information content (AvgIpc) is 3.02. The van der Waals surface area contributed by atoms with Crippen LogP contribution in [-0.2, 0) is 39.7 Å². The zero-order valence-electron chi connectivity index (χ0n) is 27.4. The number of aliphatic hydroxyl groups is 4. The number of aliphatic hydroxyl groups excluding tert-OH is 4. The van der Waals surface area contributed by atoms with Crippen molar-refractivity contribution in [2.45, 2.75) is 108 Å². The van der Waals surface area contributed by atoms with Crippen LogP contribution in [0.1, 0.15) is 55.1 Å². The Morgan fingerprint density at radius 1 is 0.939 bits per heavy atom. The third kappa shape index (κ3) is 5.40. The second-order valence-electron chi connectivity index (χ2n) is 13.3. The first-order valence-electron chi connectivity index (χ1n) is 16.0. The van der Waals surface area contributed by atoms with Crippen molar-refractivity contribution < 1.29 is 73.8 Å². The zero-order chi connectivity index (χ0) is 35.9. The van der Waals surface area contributed by atoms with E-state index in [-0.39, 0.29) is 52.5 Å². The molecule has 6 rings (SSSR count). The van der Waals surface area contributed by atoms with Crippen molar-refractivity contribution in [3.05, 3.63) is 40.2 Å². The Morgan fingerprint density at radius 3 is 2.22 bits per heavy atom. The summed E-state index contributed by atoms with van der Waals surface area (Å²) in [6.45, 7) is 5.49. The van der Waals surface area contributed by atoms with Crippen molar-refractivity contribution in [1.29, 1.82) is 0 Å². The Hall–Kier alpha value is -3.67. The van der Waals surface area contributed by atoms with E-state index in [0.717, 1.165) is 6.92 Å². The van der Waals surface area contributed by atoms with E-state index in [2.05, 4.69) is 0 Å². The smallest absolute Gasteiger partial charge is 0.207 e. The van der Waals surface area contributed by atoms with E-state index in [1.54, 1.807) is 6.92 Å². The number of rotatable bonds is 6. The van der Waals surface area contributed by atoms with Crippen molar-refractivity contribution >= 4 is 28.1 Å². The molecule has 0 radical (unpaired) electrons. The monoisotopic (exact) mass is 688 g/mol. The fourth-order valence-electron chi connectivity index (χ4n) is 7.59. The number of aromatic hydroxyl groups is 3. The molecule has 0 aromatic heterocycles. The quantitative estimate of drug-likeness (QED) is 0.210. The van der Waals surface area contributed by atoms with Crippen LogP contribution < -0.4 is 0 Å². The Balaban J connectivity index is 1.47. The number of carbonyl (C=O) groups is 3. The van der Waals surface area contributed by atoms with Gasteiger partial charge in [-0.3, -0.25) is 14.4 Å². The largest absolute Gasteiger partial charge is 0.508 e. The number of methoxy groups -OCH3 is 1. The number of fused-ring (bicyclic) bond motifs is 3. The molecule has 0 saturated carbocycles. The van der Waals surface area contributed by atoms with E-state index in [9.17, 15) is 50.1 Å². The molecule has 0 unspecified atom stereocenters. The second-order valence-corrected chi connectivity index (χ2v) is 13.3. The van der Waals surface area contributed by atoms with Gasteiger partial charge in [0.2, 0.25) is 5.78 Å². The highest BCUT2D eigenvalue weighted by molar-refractivity contribution is 6.25. The molecule has 2 aromatic carbocycles. The molecule has 2 saturated heterocycles. The zero-order valence-corrected chi connectivity index (χ0v) is 27.4. The van der Waals surface area contributed by atoms with Gasteiger partial charge < -0.3 is 59.4 Å². The normalized spacial score (nSPS) is 36.5. The molecular formula is C34H40O15. The average molecular weight is 689 g/mol. The molecule has 0 spiro atoms. The fraction of sp³-hybridized carbons (Fsp3) is 0.559. The van der Waals surface area contributed by atoms with Gasteiger partial charge in [0.25, 0.3) is 0 Å². The van der Waals surface area contributed by atoms with E-state index in [0.29, 0.717) is 0 Å². The van der Waals surface area contributed by atoms with Gasteiger partial charge in [-0.05, 0) is 57.2 Å². The summed E-state index contributed by atoms with van der Waals surface area (Å²) >= 11 is 0. The Bertz CT molecular complexity index is 1740. The van der Waals surface area contributed by atoms with Crippen molar-refractivity contribution in [3.8, 4) is 17.2 Å².